The van der Waals surface area contributed by atoms with Crippen LogP contribution in [0.2, 0.25) is 0 Å². The molecule has 0 amide bonds. The second-order valence-corrected chi connectivity index (χ2v) is 6.40. The largest absolute Gasteiger partial charge is 0.459 e. The maximum Gasteiger partial charge on any atom is 0.348 e. The summed E-state index contributed by atoms with van der Waals surface area (Å²) in [7, 11) is 0. The van der Waals surface area contributed by atoms with Crippen LogP contribution < -0.4 is 5.63 Å². The first-order valence-corrected chi connectivity index (χ1v) is 7.53. The molecular weight excluding hydrogens is 274 g/mol. The number of thiophene rings is 1. The molecule has 5 heteroatoms. The number of hydrogen-bond donors (Lipinski definition) is 0. The van der Waals surface area contributed by atoms with Crippen molar-refractivity contribution in [3.8, 4) is 11.7 Å². The Morgan fingerprint density at radius 1 is 1.45 bits per heavy atom. The van der Waals surface area contributed by atoms with E-state index in [1.165, 1.54) is 4.88 Å². The van der Waals surface area contributed by atoms with Crippen molar-refractivity contribution >= 4 is 21.6 Å². The van der Waals surface area contributed by atoms with Gasteiger partial charge in [0.2, 0.25) is 0 Å². The average Bonchev–Trinajstić information content (AvgIpc) is 3.04. The summed E-state index contributed by atoms with van der Waals surface area (Å²) < 4.78 is 10.6. The van der Waals surface area contributed by atoms with Gasteiger partial charge in [-0.1, -0.05) is 6.92 Å². The monoisotopic (exact) mass is 287 g/mol. The maximum atomic E-state index is 12.3. The quantitative estimate of drug-likeness (QED) is 0.685. The molecule has 0 aliphatic heterocycles. The van der Waals surface area contributed by atoms with Gasteiger partial charge in [0.15, 0.2) is 5.76 Å². The molecule has 1 aliphatic rings. The fourth-order valence-corrected chi connectivity index (χ4v) is 4.15. The van der Waals surface area contributed by atoms with Crippen LogP contribution in [0.4, 0.5) is 0 Å². The number of rotatable bonds is 1. The zero-order valence-electron chi connectivity index (χ0n) is 11.0. The van der Waals surface area contributed by atoms with Crippen LogP contribution in [-0.2, 0) is 12.8 Å². The third kappa shape index (κ3) is 1.73. The first-order valence-electron chi connectivity index (χ1n) is 6.71. The van der Waals surface area contributed by atoms with E-state index in [4.69, 9.17) is 8.83 Å². The van der Waals surface area contributed by atoms with Crippen molar-refractivity contribution in [2.24, 2.45) is 5.92 Å². The van der Waals surface area contributed by atoms with E-state index >= 15 is 0 Å². The molecule has 4 nitrogen and oxygen atoms in total. The lowest BCUT2D eigenvalue weighted by Gasteiger charge is -2.17. The predicted octanol–water partition coefficient (Wildman–Crippen LogP) is 3.63. The molecule has 3 heterocycles. The molecule has 3 aromatic rings. The minimum absolute atomic E-state index is 0.263. The zero-order valence-corrected chi connectivity index (χ0v) is 11.8. The molecule has 0 radical (unpaired) electrons. The highest BCUT2D eigenvalue weighted by Crippen LogP contribution is 2.36. The summed E-state index contributed by atoms with van der Waals surface area (Å²) in [5, 5.41) is 0.673. The van der Waals surface area contributed by atoms with Gasteiger partial charge < -0.3 is 8.83 Å². The molecule has 102 valence electrons. The Kier molecular flexibility index (Phi) is 2.57. The summed E-state index contributed by atoms with van der Waals surface area (Å²) in [5.41, 5.74) is 0.851. The van der Waals surface area contributed by atoms with Gasteiger partial charge in [-0.2, -0.15) is 4.98 Å². The van der Waals surface area contributed by atoms with Crippen LogP contribution in [0.3, 0.4) is 0 Å². The van der Waals surface area contributed by atoms with E-state index in [1.54, 1.807) is 29.7 Å². The van der Waals surface area contributed by atoms with Gasteiger partial charge in [0.05, 0.1) is 6.26 Å². The molecule has 1 atom stereocenters. The molecule has 0 saturated carbocycles. The minimum Gasteiger partial charge on any atom is -0.459 e. The molecule has 0 N–H and O–H groups in total. The van der Waals surface area contributed by atoms with E-state index in [0.29, 0.717) is 17.1 Å². The minimum atomic E-state index is -0.298. The Morgan fingerprint density at radius 2 is 2.35 bits per heavy atom. The predicted molar refractivity (Wildman–Crippen MR) is 77.0 cm³/mol. The van der Waals surface area contributed by atoms with Gasteiger partial charge in [-0.3, -0.25) is 0 Å². The molecule has 4 rings (SSSR count). The van der Waals surface area contributed by atoms with Gasteiger partial charge in [-0.05, 0) is 42.9 Å². The van der Waals surface area contributed by atoms with Crippen LogP contribution in [0.15, 0.2) is 32.0 Å². The number of fused-ring (bicyclic) bond motifs is 3. The fourth-order valence-electron chi connectivity index (χ4n) is 2.79. The topological polar surface area (TPSA) is 56.2 Å². The lowest BCUT2D eigenvalue weighted by Crippen LogP contribution is -2.11. The molecule has 0 bridgehead atoms. The highest BCUT2D eigenvalue weighted by atomic mass is 32.1. The zero-order chi connectivity index (χ0) is 13.7. The third-order valence-electron chi connectivity index (χ3n) is 3.82. The van der Waals surface area contributed by atoms with Crippen LogP contribution in [0.5, 0.6) is 0 Å². The first kappa shape index (κ1) is 11.9. The van der Waals surface area contributed by atoms with Crippen molar-refractivity contribution in [2.45, 2.75) is 26.2 Å². The lowest BCUT2D eigenvalue weighted by atomic mass is 9.89. The first-order chi connectivity index (χ1) is 9.72. The Bertz CT molecular complexity index is 829. The Hall–Kier alpha value is -1.88. The van der Waals surface area contributed by atoms with E-state index in [9.17, 15) is 4.79 Å². The number of furan rings is 1. The lowest BCUT2D eigenvalue weighted by molar-refractivity contribution is 0.480. The van der Waals surface area contributed by atoms with E-state index in [1.807, 2.05) is 0 Å². The van der Waals surface area contributed by atoms with Crippen molar-refractivity contribution in [1.29, 1.82) is 0 Å². The van der Waals surface area contributed by atoms with Gasteiger partial charge in [0.25, 0.3) is 5.89 Å². The SMILES string of the molecule is CC1CCc2c(sc3nc(-c4ccco4)oc(=O)c23)C1. The van der Waals surface area contributed by atoms with Crippen molar-refractivity contribution < 1.29 is 8.83 Å². The number of aryl methyl sites for hydroxylation is 1. The summed E-state index contributed by atoms with van der Waals surface area (Å²) in [4.78, 5) is 18.8. The van der Waals surface area contributed by atoms with Gasteiger partial charge in [0, 0.05) is 4.88 Å². The second-order valence-electron chi connectivity index (χ2n) is 5.32. The molecule has 0 fully saturated rings. The molecule has 1 unspecified atom stereocenters. The van der Waals surface area contributed by atoms with Gasteiger partial charge in [-0.25, -0.2) is 4.79 Å². The van der Waals surface area contributed by atoms with Gasteiger partial charge in [0.1, 0.15) is 10.2 Å². The van der Waals surface area contributed by atoms with Crippen LogP contribution in [0.25, 0.3) is 21.9 Å². The molecule has 3 aromatic heterocycles. The van der Waals surface area contributed by atoms with Crippen molar-refractivity contribution in [3.05, 3.63) is 39.3 Å². The van der Waals surface area contributed by atoms with E-state index < -0.39 is 0 Å². The number of hydrogen-bond acceptors (Lipinski definition) is 5. The van der Waals surface area contributed by atoms with Crippen LogP contribution >= 0.6 is 11.3 Å². The summed E-state index contributed by atoms with van der Waals surface area (Å²) in [6, 6.07) is 3.50. The van der Waals surface area contributed by atoms with E-state index in [0.717, 1.165) is 29.7 Å². The van der Waals surface area contributed by atoms with E-state index in [-0.39, 0.29) is 11.5 Å². The standard InChI is InChI=1S/C15H13NO3S/c1-8-4-5-9-11(7-8)20-14-12(9)15(17)19-13(16-14)10-3-2-6-18-10/h2-3,6,8H,4-5,7H2,1H3. The molecular formula is C15H13NO3S. The summed E-state index contributed by atoms with van der Waals surface area (Å²) >= 11 is 1.62. The van der Waals surface area contributed by atoms with Crippen molar-refractivity contribution in [3.63, 3.8) is 0 Å². The summed E-state index contributed by atoms with van der Waals surface area (Å²) in [6.45, 7) is 2.25. The Labute approximate surface area is 119 Å². The Balaban J connectivity index is 1.96. The molecule has 0 aromatic carbocycles. The van der Waals surface area contributed by atoms with Gasteiger partial charge >= 0.3 is 5.63 Å². The van der Waals surface area contributed by atoms with Crippen LogP contribution in [0.1, 0.15) is 23.8 Å². The van der Waals surface area contributed by atoms with Crippen molar-refractivity contribution in [2.75, 3.05) is 0 Å². The number of nitrogens with zero attached hydrogens (tertiary/aromatic N) is 1. The third-order valence-corrected chi connectivity index (χ3v) is 4.97. The smallest absolute Gasteiger partial charge is 0.348 e. The summed E-state index contributed by atoms with van der Waals surface area (Å²) in [6.07, 6.45) is 4.65. The normalized spacial score (nSPS) is 18.4. The molecule has 1 aliphatic carbocycles. The van der Waals surface area contributed by atoms with Crippen molar-refractivity contribution in [1.82, 2.24) is 4.98 Å². The second kappa shape index (κ2) is 4.31. The summed E-state index contributed by atoms with van der Waals surface area (Å²) in [5.74, 6) is 1.43. The molecule has 0 spiro atoms. The molecule has 0 saturated heterocycles. The fraction of sp³-hybridized carbons (Fsp3) is 0.333. The molecule has 20 heavy (non-hydrogen) atoms. The Morgan fingerprint density at radius 3 is 3.15 bits per heavy atom. The maximum absolute atomic E-state index is 12.3. The van der Waals surface area contributed by atoms with Crippen LogP contribution in [0, 0.1) is 5.92 Å². The van der Waals surface area contributed by atoms with Crippen LogP contribution in [-0.4, -0.2) is 4.98 Å². The highest BCUT2D eigenvalue weighted by molar-refractivity contribution is 7.18. The van der Waals surface area contributed by atoms with E-state index in [2.05, 4.69) is 11.9 Å². The van der Waals surface area contributed by atoms with Gasteiger partial charge in [-0.15, -0.1) is 11.3 Å². The highest BCUT2D eigenvalue weighted by Gasteiger charge is 2.24. The average molecular weight is 287 g/mol. The number of aromatic nitrogens is 1.